The van der Waals surface area contributed by atoms with Crippen molar-refractivity contribution in [3.05, 3.63) is 35.2 Å². The standard InChI is InChI=1S/C13H13F3N4O/c1-12(5-6-18-20-12)11(21)19-8-3-4-10(17-2)9(7-8)13(14,15)16/h3-4,7,18,20H,5-6H2,1H3,(H,19,21). The normalized spacial score (nSPS) is 21.9. The topological polar surface area (TPSA) is 57.5 Å². The van der Waals surface area contributed by atoms with E-state index >= 15 is 0 Å². The minimum absolute atomic E-state index is 0.00894. The second-order valence-electron chi connectivity index (χ2n) is 4.93. The van der Waals surface area contributed by atoms with E-state index in [1.165, 1.54) is 6.07 Å². The van der Waals surface area contributed by atoms with E-state index in [-0.39, 0.29) is 5.69 Å². The number of hydrazine groups is 1. The minimum Gasteiger partial charge on any atom is -0.325 e. The van der Waals surface area contributed by atoms with Gasteiger partial charge < -0.3 is 5.32 Å². The highest BCUT2D eigenvalue weighted by Crippen LogP contribution is 2.38. The summed E-state index contributed by atoms with van der Waals surface area (Å²) in [7, 11) is 0. The number of alkyl halides is 3. The summed E-state index contributed by atoms with van der Waals surface area (Å²) in [4.78, 5) is 14.9. The highest BCUT2D eigenvalue weighted by molar-refractivity contribution is 5.98. The Balaban J connectivity index is 2.26. The molecule has 21 heavy (non-hydrogen) atoms. The molecule has 0 radical (unpaired) electrons. The van der Waals surface area contributed by atoms with Crippen LogP contribution in [0.2, 0.25) is 0 Å². The van der Waals surface area contributed by atoms with Gasteiger partial charge in [0.1, 0.15) is 5.54 Å². The molecule has 1 heterocycles. The maximum atomic E-state index is 12.9. The molecule has 1 aromatic rings. The van der Waals surface area contributed by atoms with Gasteiger partial charge in [0.05, 0.1) is 12.1 Å². The number of nitrogens with zero attached hydrogens (tertiary/aromatic N) is 1. The lowest BCUT2D eigenvalue weighted by molar-refractivity contribution is -0.136. The van der Waals surface area contributed by atoms with Crippen molar-refractivity contribution in [3.63, 3.8) is 0 Å². The first-order valence-corrected chi connectivity index (χ1v) is 6.16. The number of carbonyl (C=O) groups is 1. The van der Waals surface area contributed by atoms with Gasteiger partial charge in [0.25, 0.3) is 0 Å². The van der Waals surface area contributed by atoms with Gasteiger partial charge in [-0.05, 0) is 25.5 Å². The maximum Gasteiger partial charge on any atom is 0.407 e. The van der Waals surface area contributed by atoms with E-state index < -0.39 is 28.9 Å². The lowest BCUT2D eigenvalue weighted by atomic mass is 9.99. The molecule has 1 amide bonds. The second kappa shape index (κ2) is 5.35. The van der Waals surface area contributed by atoms with E-state index in [1.54, 1.807) is 6.92 Å². The summed E-state index contributed by atoms with van der Waals surface area (Å²) in [6.07, 6.45) is -4.12. The van der Waals surface area contributed by atoms with E-state index in [4.69, 9.17) is 6.57 Å². The summed E-state index contributed by atoms with van der Waals surface area (Å²) in [5, 5.41) is 2.44. The van der Waals surface area contributed by atoms with Crippen LogP contribution in [0.1, 0.15) is 18.9 Å². The number of nitrogens with one attached hydrogen (secondary N) is 3. The molecule has 1 fully saturated rings. The van der Waals surface area contributed by atoms with Gasteiger partial charge in [-0.3, -0.25) is 10.2 Å². The molecule has 5 nitrogen and oxygen atoms in total. The molecule has 0 spiro atoms. The van der Waals surface area contributed by atoms with Crippen LogP contribution in [0.4, 0.5) is 24.5 Å². The van der Waals surface area contributed by atoms with Gasteiger partial charge in [-0.1, -0.05) is 6.07 Å². The number of hydrogen-bond donors (Lipinski definition) is 3. The molecular weight excluding hydrogens is 285 g/mol. The molecule has 0 bridgehead atoms. The van der Waals surface area contributed by atoms with Crippen LogP contribution in [0.15, 0.2) is 18.2 Å². The number of amides is 1. The number of benzene rings is 1. The summed E-state index contributed by atoms with van der Waals surface area (Å²) < 4.78 is 38.6. The van der Waals surface area contributed by atoms with E-state index in [0.29, 0.717) is 13.0 Å². The van der Waals surface area contributed by atoms with Crippen LogP contribution in [-0.4, -0.2) is 18.0 Å². The summed E-state index contributed by atoms with van der Waals surface area (Å²) in [5.74, 6) is -0.434. The molecule has 8 heteroatoms. The van der Waals surface area contributed by atoms with Crippen molar-refractivity contribution >= 4 is 17.3 Å². The van der Waals surface area contributed by atoms with Crippen LogP contribution in [0.5, 0.6) is 0 Å². The van der Waals surface area contributed by atoms with Gasteiger partial charge in [0, 0.05) is 12.2 Å². The van der Waals surface area contributed by atoms with Gasteiger partial charge in [-0.2, -0.15) is 13.2 Å². The van der Waals surface area contributed by atoms with Crippen LogP contribution < -0.4 is 16.2 Å². The first kappa shape index (κ1) is 15.3. The van der Waals surface area contributed by atoms with Crippen molar-refractivity contribution < 1.29 is 18.0 Å². The van der Waals surface area contributed by atoms with Crippen molar-refractivity contribution in [2.75, 3.05) is 11.9 Å². The van der Waals surface area contributed by atoms with Crippen molar-refractivity contribution in [1.82, 2.24) is 10.9 Å². The average Bonchev–Trinajstić information content (AvgIpc) is 2.86. The molecule has 1 aromatic carbocycles. The smallest absolute Gasteiger partial charge is 0.325 e. The molecule has 2 rings (SSSR count). The molecule has 3 N–H and O–H groups in total. The fraction of sp³-hybridized carbons (Fsp3) is 0.385. The molecule has 112 valence electrons. The summed E-state index contributed by atoms with van der Waals surface area (Å²) in [5.41, 5.74) is 3.17. The quantitative estimate of drug-likeness (QED) is 0.735. The van der Waals surface area contributed by atoms with E-state index in [9.17, 15) is 18.0 Å². The fourth-order valence-electron chi connectivity index (χ4n) is 2.01. The molecule has 1 saturated heterocycles. The second-order valence-corrected chi connectivity index (χ2v) is 4.93. The zero-order valence-corrected chi connectivity index (χ0v) is 11.1. The van der Waals surface area contributed by atoms with Gasteiger partial charge in [-0.15, -0.1) is 0 Å². The fourth-order valence-corrected chi connectivity index (χ4v) is 2.01. The van der Waals surface area contributed by atoms with E-state index in [0.717, 1.165) is 12.1 Å². The summed E-state index contributed by atoms with van der Waals surface area (Å²) >= 11 is 0. The SMILES string of the molecule is [C-]#[N+]c1ccc(NC(=O)C2(C)CCNN2)cc1C(F)(F)F. The number of halogens is 3. The van der Waals surface area contributed by atoms with Crippen LogP contribution in [0, 0.1) is 6.57 Å². The minimum atomic E-state index is -4.64. The third kappa shape index (κ3) is 3.15. The van der Waals surface area contributed by atoms with Crippen molar-refractivity contribution in [3.8, 4) is 0 Å². The lowest BCUT2D eigenvalue weighted by Crippen LogP contribution is -2.50. The van der Waals surface area contributed by atoms with E-state index in [1.807, 2.05) is 0 Å². The molecule has 1 unspecified atom stereocenters. The van der Waals surface area contributed by atoms with E-state index in [2.05, 4.69) is 21.0 Å². The van der Waals surface area contributed by atoms with Crippen LogP contribution in [0.25, 0.3) is 4.85 Å². The first-order chi connectivity index (χ1) is 9.76. The summed E-state index contributed by atoms with van der Waals surface area (Å²) in [6.45, 7) is 9.01. The van der Waals surface area contributed by atoms with Crippen molar-refractivity contribution in [2.24, 2.45) is 0 Å². The Hall–Kier alpha value is -2.11. The highest BCUT2D eigenvalue weighted by Gasteiger charge is 2.37. The average molecular weight is 298 g/mol. The zero-order chi connectivity index (χ0) is 15.7. The molecule has 1 aliphatic rings. The number of rotatable bonds is 2. The van der Waals surface area contributed by atoms with Gasteiger partial charge in [-0.25, -0.2) is 10.3 Å². The van der Waals surface area contributed by atoms with Crippen LogP contribution >= 0.6 is 0 Å². The number of carbonyl (C=O) groups excluding carboxylic acids is 1. The highest BCUT2D eigenvalue weighted by atomic mass is 19.4. The Morgan fingerprint density at radius 1 is 1.48 bits per heavy atom. The third-order valence-corrected chi connectivity index (χ3v) is 3.30. The molecular formula is C13H13F3N4O. The Labute approximate surface area is 119 Å². The zero-order valence-electron chi connectivity index (χ0n) is 11.1. The Bertz CT molecular complexity index is 600. The van der Waals surface area contributed by atoms with Gasteiger partial charge in [0.2, 0.25) is 5.91 Å². The Morgan fingerprint density at radius 2 is 2.19 bits per heavy atom. The van der Waals surface area contributed by atoms with Crippen molar-refractivity contribution in [1.29, 1.82) is 0 Å². The van der Waals surface area contributed by atoms with Gasteiger partial charge >= 0.3 is 6.18 Å². The maximum absolute atomic E-state index is 12.9. The lowest BCUT2D eigenvalue weighted by Gasteiger charge is -2.22. The largest absolute Gasteiger partial charge is 0.407 e. The van der Waals surface area contributed by atoms with Crippen LogP contribution in [0.3, 0.4) is 0 Å². The summed E-state index contributed by atoms with van der Waals surface area (Å²) in [6, 6.07) is 3.11. The predicted molar refractivity (Wildman–Crippen MR) is 70.5 cm³/mol. The molecule has 0 aliphatic carbocycles. The Morgan fingerprint density at radius 3 is 2.71 bits per heavy atom. The molecule has 0 saturated carbocycles. The predicted octanol–water partition coefficient (Wildman–Crippen LogP) is 2.45. The third-order valence-electron chi connectivity index (χ3n) is 3.30. The van der Waals surface area contributed by atoms with Crippen molar-refractivity contribution in [2.45, 2.75) is 25.1 Å². The number of anilines is 1. The number of hydrogen-bond acceptors (Lipinski definition) is 3. The molecule has 1 aliphatic heterocycles. The molecule has 0 aromatic heterocycles. The monoisotopic (exact) mass is 298 g/mol. The first-order valence-electron chi connectivity index (χ1n) is 6.16. The Kier molecular flexibility index (Phi) is 3.89. The van der Waals surface area contributed by atoms with Gasteiger partial charge in [0.15, 0.2) is 5.69 Å². The van der Waals surface area contributed by atoms with Crippen LogP contribution in [-0.2, 0) is 11.0 Å². The molecule has 1 atom stereocenters.